The summed E-state index contributed by atoms with van der Waals surface area (Å²) in [5, 5.41) is 3.55. The van der Waals surface area contributed by atoms with Crippen molar-refractivity contribution >= 4 is 17.7 Å². The highest BCUT2D eigenvalue weighted by Gasteiger charge is 2.18. The molecule has 1 unspecified atom stereocenters. The van der Waals surface area contributed by atoms with E-state index in [9.17, 15) is 0 Å². The molecule has 1 aromatic rings. The minimum absolute atomic E-state index is 0.486. The van der Waals surface area contributed by atoms with Gasteiger partial charge in [0.15, 0.2) is 0 Å². The van der Waals surface area contributed by atoms with E-state index in [1.165, 1.54) is 37.9 Å². The highest BCUT2D eigenvalue weighted by molar-refractivity contribution is 7.99. The predicted octanol–water partition coefficient (Wildman–Crippen LogP) is 3.94. The van der Waals surface area contributed by atoms with Crippen molar-refractivity contribution in [2.75, 3.05) is 16.8 Å². The fourth-order valence-electron chi connectivity index (χ4n) is 2.64. The number of hydrogen-bond acceptors (Lipinski definition) is 3. The lowest BCUT2D eigenvalue weighted by molar-refractivity contribution is 0.355. The van der Waals surface area contributed by atoms with Gasteiger partial charge in [-0.25, -0.2) is 4.98 Å². The average Bonchev–Trinajstić information content (AvgIpc) is 2.85. The quantitative estimate of drug-likeness (QED) is 0.846. The zero-order chi connectivity index (χ0) is 12.8. The molecule has 1 fully saturated rings. The van der Waals surface area contributed by atoms with E-state index in [1.54, 1.807) is 0 Å². The highest BCUT2D eigenvalue weighted by Crippen LogP contribution is 2.30. The van der Waals surface area contributed by atoms with Gasteiger partial charge in [0.1, 0.15) is 0 Å². The molecule has 0 spiro atoms. The smallest absolute Gasteiger partial charge is 0.203 e. The third-order valence-electron chi connectivity index (χ3n) is 3.58. The number of anilines is 1. The summed E-state index contributed by atoms with van der Waals surface area (Å²) in [5.41, 5.74) is 0. The van der Waals surface area contributed by atoms with Gasteiger partial charge in [0, 0.05) is 30.2 Å². The Morgan fingerprint density at radius 3 is 2.94 bits per heavy atom. The minimum Gasteiger partial charge on any atom is -0.352 e. The van der Waals surface area contributed by atoms with Crippen LogP contribution in [0.1, 0.15) is 52.0 Å². The van der Waals surface area contributed by atoms with Crippen LogP contribution in [0, 0.1) is 0 Å². The first kappa shape index (κ1) is 13.8. The second-order valence-corrected chi connectivity index (χ2v) is 6.47. The van der Waals surface area contributed by atoms with Gasteiger partial charge in [-0.15, -0.1) is 0 Å². The van der Waals surface area contributed by atoms with Crippen LogP contribution in [0.25, 0.3) is 0 Å². The molecule has 0 amide bonds. The maximum Gasteiger partial charge on any atom is 0.203 e. The van der Waals surface area contributed by atoms with Crippen LogP contribution in [-0.4, -0.2) is 27.1 Å². The van der Waals surface area contributed by atoms with Gasteiger partial charge in [-0.1, -0.05) is 26.2 Å². The standard InChI is InChI=1S/C14H25N3S/c1-3-18-11-12(2)16-14-15-9-10-17(14)13-7-5-4-6-8-13/h9-10,12-13H,3-8,11H2,1-2H3,(H,15,16). The number of hydrogen-bond donors (Lipinski definition) is 1. The van der Waals surface area contributed by atoms with Crippen LogP contribution in [-0.2, 0) is 0 Å². The Kier molecular flexibility index (Phi) is 5.42. The predicted molar refractivity (Wildman–Crippen MR) is 80.4 cm³/mol. The summed E-state index contributed by atoms with van der Waals surface area (Å²) in [7, 11) is 0. The van der Waals surface area contributed by atoms with Gasteiger partial charge in [0.2, 0.25) is 5.95 Å². The molecule has 0 radical (unpaired) electrons. The van der Waals surface area contributed by atoms with E-state index >= 15 is 0 Å². The van der Waals surface area contributed by atoms with Gasteiger partial charge in [-0.05, 0) is 25.5 Å². The first-order valence-corrected chi connectivity index (χ1v) is 8.34. The van der Waals surface area contributed by atoms with Crippen molar-refractivity contribution in [3.8, 4) is 0 Å². The van der Waals surface area contributed by atoms with Gasteiger partial charge in [0.25, 0.3) is 0 Å². The van der Waals surface area contributed by atoms with Gasteiger partial charge in [-0.3, -0.25) is 0 Å². The van der Waals surface area contributed by atoms with Gasteiger partial charge in [-0.2, -0.15) is 11.8 Å². The van der Waals surface area contributed by atoms with Crippen molar-refractivity contribution in [1.82, 2.24) is 9.55 Å². The molecule has 1 aliphatic rings. The largest absolute Gasteiger partial charge is 0.352 e. The third kappa shape index (κ3) is 3.67. The summed E-state index contributed by atoms with van der Waals surface area (Å²) >= 11 is 1.98. The van der Waals surface area contributed by atoms with Crippen molar-refractivity contribution in [2.24, 2.45) is 0 Å². The molecule has 1 atom stereocenters. The summed E-state index contributed by atoms with van der Waals surface area (Å²) in [4.78, 5) is 4.48. The van der Waals surface area contributed by atoms with Crippen molar-refractivity contribution in [2.45, 2.75) is 58.0 Å². The average molecular weight is 267 g/mol. The molecule has 102 valence electrons. The summed E-state index contributed by atoms with van der Waals surface area (Å²) in [6.45, 7) is 4.45. The molecule has 18 heavy (non-hydrogen) atoms. The Morgan fingerprint density at radius 2 is 2.22 bits per heavy atom. The molecule has 0 aromatic carbocycles. The number of aromatic nitrogens is 2. The van der Waals surface area contributed by atoms with Crippen LogP contribution < -0.4 is 5.32 Å². The van der Waals surface area contributed by atoms with Crippen LogP contribution in [0.3, 0.4) is 0 Å². The Bertz CT molecular complexity index is 345. The van der Waals surface area contributed by atoms with Crippen molar-refractivity contribution in [3.63, 3.8) is 0 Å². The summed E-state index contributed by atoms with van der Waals surface area (Å²) in [6.07, 6.45) is 10.8. The molecule has 4 heteroatoms. The second kappa shape index (κ2) is 7.07. The van der Waals surface area contributed by atoms with E-state index in [0.29, 0.717) is 12.1 Å². The van der Waals surface area contributed by atoms with E-state index in [4.69, 9.17) is 0 Å². The highest BCUT2D eigenvalue weighted by atomic mass is 32.2. The summed E-state index contributed by atoms with van der Waals surface area (Å²) in [6, 6.07) is 1.15. The Labute approximate surface area is 115 Å². The fraction of sp³-hybridized carbons (Fsp3) is 0.786. The van der Waals surface area contributed by atoms with Crippen LogP contribution >= 0.6 is 11.8 Å². The van der Waals surface area contributed by atoms with Gasteiger partial charge in [0.05, 0.1) is 0 Å². The molecule has 0 aliphatic heterocycles. The Morgan fingerprint density at radius 1 is 1.44 bits per heavy atom. The molecule has 1 saturated carbocycles. The molecule has 2 rings (SSSR count). The normalized spacial score (nSPS) is 18.8. The lowest BCUT2D eigenvalue weighted by Crippen LogP contribution is -2.23. The first-order chi connectivity index (χ1) is 8.81. The first-order valence-electron chi connectivity index (χ1n) is 7.18. The molecular weight excluding hydrogens is 242 g/mol. The monoisotopic (exact) mass is 267 g/mol. The van der Waals surface area contributed by atoms with E-state index < -0.39 is 0 Å². The van der Waals surface area contributed by atoms with E-state index in [2.05, 4.69) is 34.9 Å². The third-order valence-corrected chi connectivity index (χ3v) is 4.73. The molecule has 1 aromatic heterocycles. The fourth-order valence-corrected chi connectivity index (χ4v) is 3.31. The maximum atomic E-state index is 4.48. The number of nitrogens with zero attached hydrogens (tertiary/aromatic N) is 2. The number of thioether (sulfide) groups is 1. The second-order valence-electron chi connectivity index (χ2n) is 5.15. The molecule has 1 aliphatic carbocycles. The molecule has 3 nitrogen and oxygen atoms in total. The van der Waals surface area contributed by atoms with Gasteiger partial charge >= 0.3 is 0 Å². The lowest BCUT2D eigenvalue weighted by Gasteiger charge is -2.25. The van der Waals surface area contributed by atoms with Crippen LogP contribution in [0.15, 0.2) is 12.4 Å². The Hall–Kier alpha value is -0.640. The van der Waals surface area contributed by atoms with E-state index in [0.717, 1.165) is 11.7 Å². The number of imidazole rings is 1. The molecule has 0 saturated heterocycles. The number of nitrogens with one attached hydrogen (secondary N) is 1. The van der Waals surface area contributed by atoms with Crippen molar-refractivity contribution in [3.05, 3.63) is 12.4 Å². The summed E-state index contributed by atoms with van der Waals surface area (Å²) < 4.78 is 2.35. The zero-order valence-corrected chi connectivity index (χ0v) is 12.4. The zero-order valence-electron chi connectivity index (χ0n) is 11.6. The molecule has 1 N–H and O–H groups in total. The molecule has 1 heterocycles. The van der Waals surface area contributed by atoms with Crippen molar-refractivity contribution < 1.29 is 0 Å². The van der Waals surface area contributed by atoms with Gasteiger partial charge < -0.3 is 9.88 Å². The molecular formula is C14H25N3S. The maximum absolute atomic E-state index is 4.48. The summed E-state index contributed by atoms with van der Waals surface area (Å²) in [5.74, 6) is 3.39. The van der Waals surface area contributed by atoms with E-state index in [-0.39, 0.29) is 0 Å². The van der Waals surface area contributed by atoms with Crippen molar-refractivity contribution in [1.29, 1.82) is 0 Å². The van der Waals surface area contributed by atoms with Crippen LogP contribution in [0.2, 0.25) is 0 Å². The number of rotatable bonds is 6. The van der Waals surface area contributed by atoms with Crippen LogP contribution in [0.4, 0.5) is 5.95 Å². The molecule has 0 bridgehead atoms. The Balaban J connectivity index is 1.94. The van der Waals surface area contributed by atoms with E-state index in [1.807, 2.05) is 18.0 Å². The minimum atomic E-state index is 0.486. The topological polar surface area (TPSA) is 29.9 Å². The SMILES string of the molecule is CCSCC(C)Nc1nccn1C1CCCCC1. The lowest BCUT2D eigenvalue weighted by atomic mass is 9.95. The van der Waals surface area contributed by atoms with Crippen LogP contribution in [0.5, 0.6) is 0 Å².